The average Bonchev–Trinajstić information content (AvgIpc) is 3.39. The number of rotatable bonds is 6. The number of hydrogen-bond acceptors (Lipinski definition) is 5. The first-order chi connectivity index (χ1) is 13.3. The number of cyclic esters (lactones) is 1. The van der Waals surface area contributed by atoms with Crippen molar-refractivity contribution in [2.75, 3.05) is 13.2 Å². The topological polar surface area (TPSA) is 78.8 Å². The lowest BCUT2D eigenvalue weighted by Gasteiger charge is -2.60. The zero-order valence-electron chi connectivity index (χ0n) is 17.2. The number of ether oxygens (including phenoxy) is 1. The zero-order chi connectivity index (χ0) is 20.1. The number of carbonyl (C=O) groups is 1. The van der Waals surface area contributed by atoms with E-state index in [1.165, 1.54) is 18.4 Å². The number of hydrogen-bond donors (Lipinski definition) is 3. The second kappa shape index (κ2) is 7.26. The molecule has 28 heavy (non-hydrogen) atoms. The Morgan fingerprint density at radius 2 is 2.07 bits per heavy atom. The van der Waals surface area contributed by atoms with Gasteiger partial charge < -0.3 is 20.3 Å². The van der Waals surface area contributed by atoms with Crippen LogP contribution in [0.2, 0.25) is 0 Å². The van der Waals surface area contributed by atoms with Gasteiger partial charge in [0.15, 0.2) is 0 Å². The van der Waals surface area contributed by atoms with Crippen molar-refractivity contribution in [3.8, 4) is 0 Å². The smallest absolute Gasteiger partial charge is 0.335 e. The molecule has 6 atom stereocenters. The summed E-state index contributed by atoms with van der Waals surface area (Å²) in [4.78, 5) is 12.3. The highest BCUT2D eigenvalue weighted by Crippen LogP contribution is 2.62. The molecule has 0 spiro atoms. The SMILES string of the molecule is C=C1CCC2[C@](C)(CO)[C@H](O)CC[C@@]2(C)[C@@H]1CC(NC1CC1)C1=CCOC1=O. The van der Waals surface area contributed by atoms with Crippen LogP contribution in [-0.4, -0.2) is 47.6 Å². The first-order valence-corrected chi connectivity index (χ1v) is 10.9. The number of aliphatic hydroxyl groups is 2. The van der Waals surface area contributed by atoms with E-state index in [4.69, 9.17) is 4.74 Å². The van der Waals surface area contributed by atoms with E-state index in [1.54, 1.807) is 0 Å². The van der Waals surface area contributed by atoms with Crippen molar-refractivity contribution in [2.45, 2.75) is 77.0 Å². The predicted octanol–water partition coefficient (Wildman–Crippen LogP) is 2.72. The van der Waals surface area contributed by atoms with Crippen LogP contribution in [0.3, 0.4) is 0 Å². The molecule has 0 amide bonds. The number of aliphatic hydroxyl groups excluding tert-OH is 2. The van der Waals surface area contributed by atoms with Gasteiger partial charge in [0.05, 0.1) is 18.3 Å². The molecule has 0 saturated heterocycles. The van der Waals surface area contributed by atoms with Crippen molar-refractivity contribution in [3.05, 3.63) is 23.8 Å². The monoisotopic (exact) mass is 389 g/mol. The van der Waals surface area contributed by atoms with E-state index < -0.39 is 11.5 Å². The summed E-state index contributed by atoms with van der Waals surface area (Å²) in [5, 5.41) is 24.5. The Morgan fingerprint density at radius 3 is 2.68 bits per heavy atom. The Labute approximate surface area is 168 Å². The van der Waals surface area contributed by atoms with Gasteiger partial charge in [-0.15, -0.1) is 0 Å². The Hall–Kier alpha value is -1.17. The van der Waals surface area contributed by atoms with Crippen LogP contribution in [0.4, 0.5) is 0 Å². The summed E-state index contributed by atoms with van der Waals surface area (Å²) in [5.41, 5.74) is 1.52. The molecular weight excluding hydrogens is 354 g/mol. The van der Waals surface area contributed by atoms with Crippen LogP contribution in [0.25, 0.3) is 0 Å². The predicted molar refractivity (Wildman–Crippen MR) is 107 cm³/mol. The minimum Gasteiger partial charge on any atom is -0.458 e. The fourth-order valence-electron chi connectivity index (χ4n) is 6.35. The van der Waals surface area contributed by atoms with E-state index >= 15 is 0 Å². The van der Waals surface area contributed by atoms with Crippen LogP contribution in [0.1, 0.15) is 58.8 Å². The normalized spacial score (nSPS) is 42.0. The molecule has 0 aromatic rings. The van der Waals surface area contributed by atoms with Gasteiger partial charge in [0.25, 0.3) is 0 Å². The molecule has 3 N–H and O–H groups in total. The van der Waals surface area contributed by atoms with Crippen molar-refractivity contribution in [2.24, 2.45) is 22.7 Å². The van der Waals surface area contributed by atoms with Crippen LogP contribution >= 0.6 is 0 Å². The van der Waals surface area contributed by atoms with Gasteiger partial charge in [0.2, 0.25) is 0 Å². The zero-order valence-corrected chi connectivity index (χ0v) is 17.2. The van der Waals surface area contributed by atoms with Crippen molar-refractivity contribution in [1.29, 1.82) is 0 Å². The molecule has 5 heteroatoms. The Bertz CT molecular complexity index is 684. The third-order valence-electron chi connectivity index (χ3n) is 8.31. The second-order valence-electron chi connectivity index (χ2n) is 10.0. The Morgan fingerprint density at radius 1 is 1.32 bits per heavy atom. The second-order valence-corrected chi connectivity index (χ2v) is 10.0. The average molecular weight is 390 g/mol. The summed E-state index contributed by atoms with van der Waals surface area (Å²) in [6, 6.07) is 0.489. The molecule has 3 saturated carbocycles. The largest absolute Gasteiger partial charge is 0.458 e. The van der Waals surface area contributed by atoms with Gasteiger partial charge in [0, 0.05) is 17.5 Å². The van der Waals surface area contributed by atoms with Crippen LogP contribution in [0.15, 0.2) is 23.8 Å². The molecule has 3 fully saturated rings. The van der Waals surface area contributed by atoms with E-state index in [-0.39, 0.29) is 35.9 Å². The molecule has 4 aliphatic rings. The van der Waals surface area contributed by atoms with Gasteiger partial charge in [-0.05, 0) is 68.3 Å². The summed E-state index contributed by atoms with van der Waals surface area (Å²) >= 11 is 0. The van der Waals surface area contributed by atoms with Gasteiger partial charge in [-0.25, -0.2) is 4.79 Å². The molecule has 3 aliphatic carbocycles. The molecule has 0 aromatic heterocycles. The summed E-state index contributed by atoms with van der Waals surface area (Å²) in [6.07, 6.45) is 8.15. The van der Waals surface area contributed by atoms with Crippen LogP contribution < -0.4 is 5.32 Å². The lowest BCUT2D eigenvalue weighted by atomic mass is 9.46. The summed E-state index contributed by atoms with van der Waals surface area (Å²) in [5.74, 6) is 0.311. The van der Waals surface area contributed by atoms with Crippen LogP contribution in [-0.2, 0) is 9.53 Å². The van der Waals surface area contributed by atoms with E-state index in [0.717, 1.165) is 31.3 Å². The van der Waals surface area contributed by atoms with E-state index in [0.29, 0.717) is 19.1 Å². The van der Waals surface area contributed by atoms with Gasteiger partial charge in [-0.2, -0.15) is 0 Å². The van der Waals surface area contributed by atoms with Crippen LogP contribution in [0.5, 0.6) is 0 Å². The quantitative estimate of drug-likeness (QED) is 0.481. The van der Waals surface area contributed by atoms with Crippen molar-refractivity contribution < 1.29 is 19.7 Å². The molecule has 0 radical (unpaired) electrons. The molecule has 5 nitrogen and oxygen atoms in total. The lowest BCUT2D eigenvalue weighted by Crippen LogP contribution is -2.58. The fourth-order valence-corrected chi connectivity index (χ4v) is 6.35. The number of fused-ring (bicyclic) bond motifs is 1. The molecule has 0 bridgehead atoms. The van der Waals surface area contributed by atoms with Crippen LogP contribution in [0, 0.1) is 22.7 Å². The first kappa shape index (κ1) is 20.1. The van der Waals surface area contributed by atoms with Gasteiger partial charge in [0.1, 0.15) is 6.61 Å². The van der Waals surface area contributed by atoms with E-state index in [9.17, 15) is 15.0 Å². The van der Waals surface area contributed by atoms with E-state index in [2.05, 4.69) is 18.8 Å². The third-order valence-corrected chi connectivity index (χ3v) is 8.31. The Kier molecular flexibility index (Phi) is 5.22. The van der Waals surface area contributed by atoms with Gasteiger partial charge in [-0.3, -0.25) is 0 Å². The molecular formula is C23H35NO4. The molecule has 4 rings (SSSR count). The highest BCUT2D eigenvalue weighted by atomic mass is 16.5. The summed E-state index contributed by atoms with van der Waals surface area (Å²) in [7, 11) is 0. The molecule has 2 unspecified atom stereocenters. The minimum atomic E-state index is -0.475. The van der Waals surface area contributed by atoms with E-state index in [1.807, 2.05) is 13.0 Å². The summed E-state index contributed by atoms with van der Waals surface area (Å²) < 4.78 is 5.20. The molecule has 156 valence electrons. The number of carbonyl (C=O) groups excluding carboxylic acids is 1. The highest BCUT2D eigenvalue weighted by Gasteiger charge is 2.58. The number of allylic oxidation sites excluding steroid dienone is 1. The standard InChI is InChI=1S/C23H35NO4/c1-14-4-7-19-22(2,10-8-20(26)23(19,3)13-25)17(14)12-18(24-15-5-6-15)16-9-11-28-21(16)27/h9,15,17-20,24-26H,1,4-8,10-13H2,2-3H3/t17-,18?,19?,20-,22+,23+/m1/s1. The van der Waals surface area contributed by atoms with Crippen molar-refractivity contribution >= 4 is 5.97 Å². The maximum absolute atomic E-state index is 12.3. The first-order valence-electron chi connectivity index (χ1n) is 10.9. The minimum absolute atomic E-state index is 0.00735. The Balaban J connectivity index is 1.62. The fraction of sp³-hybridized carbons (Fsp3) is 0.783. The molecule has 1 heterocycles. The molecule has 0 aromatic carbocycles. The van der Waals surface area contributed by atoms with Gasteiger partial charge >= 0.3 is 5.97 Å². The van der Waals surface area contributed by atoms with Crippen molar-refractivity contribution in [3.63, 3.8) is 0 Å². The lowest BCUT2D eigenvalue weighted by molar-refractivity contribution is -0.153. The van der Waals surface area contributed by atoms with Gasteiger partial charge in [-0.1, -0.05) is 26.0 Å². The molecule has 1 aliphatic heterocycles. The summed E-state index contributed by atoms with van der Waals surface area (Å²) in [6.45, 7) is 9.18. The number of nitrogens with one attached hydrogen (secondary N) is 1. The maximum Gasteiger partial charge on any atom is 0.335 e. The highest BCUT2D eigenvalue weighted by molar-refractivity contribution is 5.91. The third kappa shape index (κ3) is 3.25. The maximum atomic E-state index is 12.3. The van der Waals surface area contributed by atoms with Crippen molar-refractivity contribution in [1.82, 2.24) is 5.32 Å². The number of esters is 1.